The van der Waals surface area contributed by atoms with Crippen LogP contribution < -0.4 is 10.6 Å². The summed E-state index contributed by atoms with van der Waals surface area (Å²) >= 11 is 0. The van der Waals surface area contributed by atoms with Gasteiger partial charge in [0.15, 0.2) is 11.7 Å². The Morgan fingerprint density at radius 3 is 2.62 bits per heavy atom. The topological polar surface area (TPSA) is 67.2 Å². The Bertz CT molecular complexity index is 591. The number of halogens is 2. The van der Waals surface area contributed by atoms with E-state index >= 15 is 0 Å². The second-order valence-corrected chi connectivity index (χ2v) is 5.25. The summed E-state index contributed by atoms with van der Waals surface area (Å²) in [6, 6.07) is 10.1. The Kier molecular flexibility index (Phi) is 11.1. The maximum atomic E-state index is 11.8. The minimum atomic E-state index is 0. The van der Waals surface area contributed by atoms with E-state index < -0.39 is 0 Å². The Hall–Kier alpha value is -1.56. The smallest absolute Gasteiger partial charge is 0.220 e. The summed E-state index contributed by atoms with van der Waals surface area (Å²) in [7, 11) is 0. The molecule has 1 atom stereocenters. The van der Waals surface area contributed by atoms with Crippen LogP contribution >= 0.6 is 24.8 Å². The lowest BCUT2D eigenvalue weighted by atomic mass is 10.2. The predicted molar refractivity (Wildman–Crippen MR) is 101 cm³/mol. The Balaban J connectivity index is 0.00000264. The summed E-state index contributed by atoms with van der Waals surface area (Å²) in [6.45, 7) is 5.62. The first-order valence-electron chi connectivity index (χ1n) is 7.69. The molecule has 2 N–H and O–H groups in total. The fourth-order valence-electron chi connectivity index (χ4n) is 2.16. The van der Waals surface area contributed by atoms with Gasteiger partial charge < -0.3 is 15.1 Å². The second-order valence-electron chi connectivity index (χ2n) is 5.25. The van der Waals surface area contributed by atoms with Gasteiger partial charge in [0.25, 0.3) is 0 Å². The van der Waals surface area contributed by atoms with E-state index in [2.05, 4.69) is 15.6 Å². The van der Waals surface area contributed by atoms with Crippen LogP contribution in [0.15, 0.2) is 40.9 Å². The summed E-state index contributed by atoms with van der Waals surface area (Å²) in [6.07, 6.45) is 2.59. The van der Waals surface area contributed by atoms with Gasteiger partial charge in [0.2, 0.25) is 5.91 Å². The molecule has 0 aliphatic heterocycles. The van der Waals surface area contributed by atoms with Crippen molar-refractivity contribution in [3.8, 4) is 11.3 Å². The number of nitrogens with zero attached hydrogens (tertiary/aromatic N) is 1. The average molecular weight is 374 g/mol. The molecule has 0 radical (unpaired) electrons. The molecule has 0 aliphatic carbocycles. The van der Waals surface area contributed by atoms with Crippen molar-refractivity contribution in [1.29, 1.82) is 0 Å². The van der Waals surface area contributed by atoms with E-state index in [0.717, 1.165) is 17.9 Å². The van der Waals surface area contributed by atoms with Gasteiger partial charge in [-0.25, -0.2) is 4.98 Å². The number of hydrogen-bond donors (Lipinski definition) is 2. The van der Waals surface area contributed by atoms with Crippen LogP contribution in [0.1, 0.15) is 26.2 Å². The highest BCUT2D eigenvalue weighted by atomic mass is 35.5. The lowest BCUT2D eigenvalue weighted by Gasteiger charge is -2.12. The first kappa shape index (κ1) is 22.4. The number of nitrogens with one attached hydrogen (secondary N) is 2. The molecule has 2 rings (SSSR count). The number of amides is 1. The molecule has 0 saturated carbocycles. The van der Waals surface area contributed by atoms with Gasteiger partial charge in [0.1, 0.15) is 0 Å². The van der Waals surface area contributed by atoms with Crippen molar-refractivity contribution in [3.05, 3.63) is 42.4 Å². The van der Waals surface area contributed by atoms with E-state index in [9.17, 15) is 4.79 Å². The first-order chi connectivity index (χ1) is 10.7. The van der Waals surface area contributed by atoms with Crippen molar-refractivity contribution in [2.45, 2.75) is 32.7 Å². The molecule has 134 valence electrons. The van der Waals surface area contributed by atoms with E-state index in [1.807, 2.05) is 44.2 Å². The number of carbonyl (C=O) groups is 1. The van der Waals surface area contributed by atoms with Gasteiger partial charge in [-0.2, -0.15) is 0 Å². The van der Waals surface area contributed by atoms with Crippen LogP contribution in [0, 0.1) is 0 Å². The normalized spacial score (nSPS) is 11.1. The van der Waals surface area contributed by atoms with Crippen LogP contribution in [0.2, 0.25) is 0 Å². The number of oxazole rings is 1. The second kappa shape index (κ2) is 11.9. The quantitative estimate of drug-likeness (QED) is 0.745. The van der Waals surface area contributed by atoms with Crippen LogP contribution in [0.5, 0.6) is 0 Å². The number of carbonyl (C=O) groups excluding carboxylic acids is 1. The summed E-state index contributed by atoms with van der Waals surface area (Å²) < 4.78 is 5.68. The molecule has 0 aliphatic rings. The number of rotatable bonds is 8. The zero-order valence-electron chi connectivity index (χ0n) is 14.0. The molecule has 1 heterocycles. The molecule has 7 heteroatoms. The van der Waals surface area contributed by atoms with E-state index in [0.29, 0.717) is 25.3 Å². The molecule has 0 bridgehead atoms. The fourth-order valence-corrected chi connectivity index (χ4v) is 2.16. The molecule has 0 fully saturated rings. The number of hydrogen-bond acceptors (Lipinski definition) is 4. The maximum absolute atomic E-state index is 11.8. The fraction of sp³-hybridized carbons (Fsp3) is 0.412. The van der Waals surface area contributed by atoms with Crippen molar-refractivity contribution in [1.82, 2.24) is 15.6 Å². The molecule has 2 aromatic rings. The van der Waals surface area contributed by atoms with Crippen LogP contribution in [0.4, 0.5) is 0 Å². The van der Waals surface area contributed by atoms with Crippen LogP contribution in [-0.4, -0.2) is 30.0 Å². The number of aromatic nitrogens is 1. The Labute approximate surface area is 155 Å². The Morgan fingerprint density at radius 2 is 1.96 bits per heavy atom. The highest BCUT2D eigenvalue weighted by Gasteiger charge is 2.09. The largest absolute Gasteiger partial charge is 0.441 e. The minimum absolute atomic E-state index is 0. The van der Waals surface area contributed by atoms with Crippen LogP contribution in [-0.2, 0) is 11.2 Å². The van der Waals surface area contributed by atoms with Gasteiger partial charge in [-0.3, -0.25) is 4.79 Å². The van der Waals surface area contributed by atoms with Gasteiger partial charge in [-0.15, -0.1) is 24.8 Å². The number of likely N-dealkylation sites (N-methyl/N-ethyl adjacent to an activating group) is 1. The predicted octanol–water partition coefficient (Wildman–Crippen LogP) is 3.23. The molecule has 0 spiro atoms. The molecule has 0 saturated heterocycles. The maximum Gasteiger partial charge on any atom is 0.220 e. The Morgan fingerprint density at radius 1 is 1.25 bits per heavy atom. The third kappa shape index (κ3) is 7.34. The molecule has 5 nitrogen and oxygen atoms in total. The number of benzene rings is 1. The summed E-state index contributed by atoms with van der Waals surface area (Å²) in [5.74, 6) is 1.34. The van der Waals surface area contributed by atoms with Gasteiger partial charge in [-0.05, 0) is 13.5 Å². The van der Waals surface area contributed by atoms with E-state index in [4.69, 9.17) is 4.42 Å². The molecular formula is C17H25Cl2N3O2. The van der Waals surface area contributed by atoms with Crippen LogP contribution in [0.3, 0.4) is 0 Å². The molecule has 24 heavy (non-hydrogen) atoms. The first-order valence-corrected chi connectivity index (χ1v) is 7.69. The summed E-state index contributed by atoms with van der Waals surface area (Å²) in [5, 5.41) is 6.16. The van der Waals surface area contributed by atoms with Crippen molar-refractivity contribution >= 4 is 30.7 Å². The SMILES string of the molecule is CCN[C@H](C)CNC(=O)CCc1ncc(-c2ccccc2)o1.Cl.Cl. The van der Waals surface area contributed by atoms with Gasteiger partial charge in [-0.1, -0.05) is 37.3 Å². The van der Waals surface area contributed by atoms with Gasteiger partial charge in [0, 0.05) is 31.0 Å². The molecule has 0 unspecified atom stereocenters. The standard InChI is InChI=1S/C17H23N3O2.2ClH/c1-3-18-13(2)11-19-16(21)9-10-17-20-12-15(22-17)14-7-5-4-6-8-14;;/h4-8,12-13,18H,3,9-11H2,1-2H3,(H,19,21);2*1H/t13-;;/m1../s1. The lowest BCUT2D eigenvalue weighted by molar-refractivity contribution is -0.121. The molecule has 1 amide bonds. The highest BCUT2D eigenvalue weighted by molar-refractivity contribution is 5.85. The van der Waals surface area contributed by atoms with Gasteiger partial charge >= 0.3 is 0 Å². The summed E-state index contributed by atoms with van der Waals surface area (Å²) in [5.41, 5.74) is 0.991. The molecular weight excluding hydrogens is 349 g/mol. The third-order valence-electron chi connectivity index (χ3n) is 3.34. The van der Waals surface area contributed by atoms with Crippen molar-refractivity contribution in [2.75, 3.05) is 13.1 Å². The van der Waals surface area contributed by atoms with Gasteiger partial charge in [0.05, 0.1) is 6.20 Å². The van der Waals surface area contributed by atoms with E-state index in [1.165, 1.54) is 0 Å². The zero-order chi connectivity index (χ0) is 15.8. The van der Waals surface area contributed by atoms with Crippen molar-refractivity contribution in [2.24, 2.45) is 0 Å². The lowest BCUT2D eigenvalue weighted by Crippen LogP contribution is -2.38. The third-order valence-corrected chi connectivity index (χ3v) is 3.34. The van der Waals surface area contributed by atoms with Crippen molar-refractivity contribution < 1.29 is 9.21 Å². The molecule has 1 aromatic carbocycles. The molecule has 1 aromatic heterocycles. The van der Waals surface area contributed by atoms with Crippen molar-refractivity contribution in [3.63, 3.8) is 0 Å². The van der Waals surface area contributed by atoms with E-state index in [1.54, 1.807) is 6.20 Å². The summed E-state index contributed by atoms with van der Waals surface area (Å²) in [4.78, 5) is 16.0. The monoisotopic (exact) mass is 373 g/mol. The zero-order valence-corrected chi connectivity index (χ0v) is 15.6. The van der Waals surface area contributed by atoms with Crippen LogP contribution in [0.25, 0.3) is 11.3 Å². The average Bonchev–Trinajstić information content (AvgIpc) is 3.01. The highest BCUT2D eigenvalue weighted by Crippen LogP contribution is 2.20. The van der Waals surface area contributed by atoms with E-state index in [-0.39, 0.29) is 36.8 Å². The number of aryl methyl sites for hydroxylation is 1. The minimum Gasteiger partial charge on any atom is -0.441 e.